The van der Waals surface area contributed by atoms with E-state index in [1.807, 2.05) is 30.5 Å². The molecule has 0 radical (unpaired) electrons. The molecular weight excluding hydrogens is 464 g/mol. The SMILES string of the molecule is O=C(NC(Cc1ccc(OC2CC2)c(Cl)c1)CN1CCCC1)C(=O)c1ccc(-n2cccn2)cc1. The first-order valence-electron chi connectivity index (χ1n) is 12.2. The van der Waals surface area contributed by atoms with E-state index in [2.05, 4.69) is 15.3 Å². The van der Waals surface area contributed by atoms with Crippen molar-refractivity contribution in [3.05, 3.63) is 77.1 Å². The van der Waals surface area contributed by atoms with Crippen molar-refractivity contribution in [2.24, 2.45) is 0 Å². The first-order valence-corrected chi connectivity index (χ1v) is 12.6. The third-order valence-corrected chi connectivity index (χ3v) is 6.71. The van der Waals surface area contributed by atoms with Gasteiger partial charge in [0.15, 0.2) is 0 Å². The Morgan fingerprint density at radius 2 is 1.89 bits per heavy atom. The van der Waals surface area contributed by atoms with Crippen LogP contribution in [-0.2, 0) is 11.2 Å². The van der Waals surface area contributed by atoms with E-state index in [0.29, 0.717) is 29.3 Å². The van der Waals surface area contributed by atoms with Gasteiger partial charge in [-0.15, -0.1) is 0 Å². The lowest BCUT2D eigenvalue weighted by molar-refractivity contribution is -0.117. The molecule has 1 aliphatic carbocycles. The van der Waals surface area contributed by atoms with Crippen molar-refractivity contribution in [3.8, 4) is 11.4 Å². The standard InChI is InChI=1S/C27H29ClN4O3/c28-24-17-19(4-11-25(24)35-23-9-10-23)16-21(18-31-13-1-2-14-31)30-27(34)26(33)20-5-7-22(8-6-20)32-15-3-12-29-32/h3-8,11-12,15,17,21,23H,1-2,9-10,13-14,16,18H2,(H,30,34). The molecule has 1 unspecified atom stereocenters. The monoisotopic (exact) mass is 492 g/mol. The molecule has 35 heavy (non-hydrogen) atoms. The number of hydrogen-bond acceptors (Lipinski definition) is 5. The molecule has 8 heteroatoms. The normalized spacial score (nSPS) is 16.7. The second-order valence-corrected chi connectivity index (χ2v) is 9.70. The largest absolute Gasteiger partial charge is 0.489 e. The van der Waals surface area contributed by atoms with Crippen LogP contribution in [-0.4, -0.2) is 58.2 Å². The van der Waals surface area contributed by atoms with E-state index in [-0.39, 0.29) is 12.1 Å². The molecule has 5 rings (SSSR count). The summed E-state index contributed by atoms with van der Waals surface area (Å²) in [6.45, 7) is 2.70. The van der Waals surface area contributed by atoms with Gasteiger partial charge in [0.2, 0.25) is 5.78 Å². The molecule has 1 N–H and O–H groups in total. The highest BCUT2D eigenvalue weighted by Gasteiger charge is 2.26. The number of amides is 1. The quantitative estimate of drug-likeness (QED) is 0.341. The summed E-state index contributed by atoms with van der Waals surface area (Å²) in [6, 6.07) is 14.3. The van der Waals surface area contributed by atoms with Crippen LogP contribution in [0.3, 0.4) is 0 Å². The predicted molar refractivity (Wildman–Crippen MR) is 134 cm³/mol. The first kappa shape index (κ1) is 23.6. The van der Waals surface area contributed by atoms with Crippen molar-refractivity contribution in [2.45, 2.75) is 44.2 Å². The average Bonchev–Trinajstić information content (AvgIpc) is 3.28. The van der Waals surface area contributed by atoms with E-state index in [1.165, 1.54) is 0 Å². The van der Waals surface area contributed by atoms with Gasteiger partial charge in [0.05, 0.1) is 16.8 Å². The van der Waals surface area contributed by atoms with E-state index >= 15 is 0 Å². The smallest absolute Gasteiger partial charge is 0.292 e. The van der Waals surface area contributed by atoms with Gasteiger partial charge in [0.1, 0.15) is 5.75 Å². The first-order chi connectivity index (χ1) is 17.0. The zero-order valence-corrected chi connectivity index (χ0v) is 20.3. The summed E-state index contributed by atoms with van der Waals surface area (Å²) in [5, 5.41) is 7.75. The number of halogens is 1. The molecule has 2 fully saturated rings. The number of likely N-dealkylation sites (tertiary alicyclic amines) is 1. The number of hydrogen-bond donors (Lipinski definition) is 1. The van der Waals surface area contributed by atoms with Crippen molar-refractivity contribution in [3.63, 3.8) is 0 Å². The predicted octanol–water partition coefficient (Wildman–Crippen LogP) is 4.07. The molecule has 1 saturated heterocycles. The third-order valence-electron chi connectivity index (χ3n) is 6.41. The zero-order chi connectivity index (χ0) is 24.2. The molecule has 2 aliphatic rings. The number of rotatable bonds is 10. The molecule has 1 saturated carbocycles. The number of Topliss-reactive ketones (excluding diaryl/α,β-unsaturated/α-hetero) is 1. The van der Waals surface area contributed by atoms with Gasteiger partial charge in [-0.25, -0.2) is 4.68 Å². The molecule has 2 heterocycles. The number of nitrogens with zero attached hydrogens (tertiary/aromatic N) is 3. The van der Waals surface area contributed by atoms with Crippen LogP contribution in [0.1, 0.15) is 41.6 Å². The number of aromatic nitrogens is 2. The highest BCUT2D eigenvalue weighted by atomic mass is 35.5. The van der Waals surface area contributed by atoms with Gasteiger partial charge in [-0.2, -0.15) is 5.10 Å². The number of carbonyl (C=O) groups excluding carboxylic acids is 2. The Labute approximate surface area is 210 Å². The molecule has 1 atom stereocenters. The van der Waals surface area contributed by atoms with Crippen LogP contribution in [0.25, 0.3) is 5.69 Å². The second-order valence-electron chi connectivity index (χ2n) is 9.29. The highest BCUT2D eigenvalue weighted by Crippen LogP contribution is 2.32. The van der Waals surface area contributed by atoms with Gasteiger partial charge >= 0.3 is 0 Å². The van der Waals surface area contributed by atoms with E-state index in [4.69, 9.17) is 16.3 Å². The molecule has 1 aliphatic heterocycles. The maximum absolute atomic E-state index is 12.9. The van der Waals surface area contributed by atoms with Gasteiger partial charge in [0.25, 0.3) is 5.91 Å². The van der Waals surface area contributed by atoms with Crippen molar-refractivity contribution < 1.29 is 14.3 Å². The van der Waals surface area contributed by atoms with Crippen molar-refractivity contribution in [1.82, 2.24) is 20.0 Å². The number of benzene rings is 2. The van der Waals surface area contributed by atoms with Gasteiger partial charge in [-0.1, -0.05) is 17.7 Å². The summed E-state index contributed by atoms with van der Waals surface area (Å²) in [6.07, 6.45) is 8.82. The number of nitrogens with one attached hydrogen (secondary N) is 1. The molecule has 182 valence electrons. The average molecular weight is 493 g/mol. The third kappa shape index (κ3) is 6.10. The van der Waals surface area contributed by atoms with Gasteiger partial charge in [-0.05, 0) is 93.2 Å². The van der Waals surface area contributed by atoms with Crippen LogP contribution in [0.4, 0.5) is 0 Å². The number of carbonyl (C=O) groups is 2. The topological polar surface area (TPSA) is 76.5 Å². The van der Waals surface area contributed by atoms with Crippen molar-refractivity contribution in [1.29, 1.82) is 0 Å². The Balaban J connectivity index is 1.26. The molecular formula is C27H29ClN4O3. The van der Waals surface area contributed by atoms with Crippen LogP contribution in [0, 0.1) is 0 Å². The van der Waals surface area contributed by atoms with Gasteiger partial charge in [-0.3, -0.25) is 9.59 Å². The minimum absolute atomic E-state index is 0.209. The fourth-order valence-corrected chi connectivity index (χ4v) is 4.67. The van der Waals surface area contributed by atoms with Gasteiger partial charge < -0.3 is 15.0 Å². The molecule has 0 bridgehead atoms. The number of ketones is 1. The van der Waals surface area contributed by atoms with Crippen LogP contribution in [0.2, 0.25) is 5.02 Å². The molecule has 1 amide bonds. The summed E-state index contributed by atoms with van der Waals surface area (Å²) in [4.78, 5) is 28.2. The van der Waals surface area contributed by atoms with Crippen LogP contribution >= 0.6 is 11.6 Å². The Bertz CT molecular complexity index is 1170. The zero-order valence-electron chi connectivity index (χ0n) is 19.5. The molecule has 1 aromatic heterocycles. The fourth-order valence-electron chi connectivity index (χ4n) is 4.42. The lowest BCUT2D eigenvalue weighted by atomic mass is 10.0. The summed E-state index contributed by atoms with van der Waals surface area (Å²) in [5.41, 5.74) is 2.17. The summed E-state index contributed by atoms with van der Waals surface area (Å²) >= 11 is 6.46. The summed E-state index contributed by atoms with van der Waals surface area (Å²) in [7, 11) is 0. The van der Waals surface area contributed by atoms with Crippen LogP contribution < -0.4 is 10.1 Å². The second kappa shape index (κ2) is 10.6. The Hall–Kier alpha value is -3.16. The van der Waals surface area contributed by atoms with Crippen LogP contribution in [0.15, 0.2) is 60.9 Å². The summed E-state index contributed by atoms with van der Waals surface area (Å²) < 4.78 is 7.54. The molecule has 7 nitrogen and oxygen atoms in total. The Morgan fingerprint density at radius 1 is 1.11 bits per heavy atom. The van der Waals surface area contributed by atoms with Crippen LogP contribution in [0.5, 0.6) is 5.75 Å². The van der Waals surface area contributed by atoms with E-state index < -0.39 is 11.7 Å². The highest BCUT2D eigenvalue weighted by molar-refractivity contribution is 6.42. The van der Waals surface area contributed by atoms with Crippen molar-refractivity contribution in [2.75, 3.05) is 19.6 Å². The number of ether oxygens (including phenoxy) is 1. The molecule has 3 aromatic rings. The molecule has 0 spiro atoms. The van der Waals surface area contributed by atoms with Gasteiger partial charge in [0, 0.05) is 30.5 Å². The fraction of sp³-hybridized carbons (Fsp3) is 0.370. The van der Waals surface area contributed by atoms with E-state index in [0.717, 1.165) is 50.0 Å². The van der Waals surface area contributed by atoms with E-state index in [1.54, 1.807) is 35.1 Å². The lowest BCUT2D eigenvalue weighted by Gasteiger charge is -2.24. The molecule has 2 aromatic carbocycles. The Morgan fingerprint density at radius 3 is 2.54 bits per heavy atom. The lowest BCUT2D eigenvalue weighted by Crippen LogP contribution is -2.46. The van der Waals surface area contributed by atoms with E-state index in [9.17, 15) is 9.59 Å². The van der Waals surface area contributed by atoms with Crippen molar-refractivity contribution >= 4 is 23.3 Å². The Kier molecular flexibility index (Phi) is 7.16. The maximum atomic E-state index is 12.9. The minimum Gasteiger partial charge on any atom is -0.489 e. The summed E-state index contributed by atoms with van der Waals surface area (Å²) in [5.74, 6) is -0.442. The maximum Gasteiger partial charge on any atom is 0.292 e. The minimum atomic E-state index is -0.596.